The number of nitrogens with zero attached hydrogens (tertiary/aromatic N) is 3. The van der Waals surface area contributed by atoms with Crippen LogP contribution in [-0.2, 0) is 21.7 Å². The van der Waals surface area contributed by atoms with Gasteiger partial charge in [0.2, 0.25) is 0 Å². The van der Waals surface area contributed by atoms with Crippen molar-refractivity contribution in [3.8, 4) is 33.4 Å². The summed E-state index contributed by atoms with van der Waals surface area (Å²) >= 11 is 0. The second kappa shape index (κ2) is 19.0. The van der Waals surface area contributed by atoms with Crippen LogP contribution in [0.4, 0.5) is 45.5 Å². The Labute approximate surface area is 478 Å². The molecule has 0 N–H and O–H groups in total. The molecule has 0 spiro atoms. The molecule has 3 aliphatic heterocycles. The summed E-state index contributed by atoms with van der Waals surface area (Å²) in [6.45, 7) is 26.3. The van der Waals surface area contributed by atoms with E-state index in [4.69, 9.17) is 0 Å². The predicted octanol–water partition coefficient (Wildman–Crippen LogP) is 19.2. The molecule has 9 aromatic carbocycles. The molecule has 1 aliphatic carbocycles. The molecular formula is C76H78BN3. The van der Waals surface area contributed by atoms with E-state index in [1.54, 1.807) is 0 Å². The van der Waals surface area contributed by atoms with E-state index in [9.17, 15) is 0 Å². The van der Waals surface area contributed by atoms with E-state index in [2.05, 4.69) is 291 Å². The molecule has 2 unspecified atom stereocenters. The maximum atomic E-state index is 2.84. The van der Waals surface area contributed by atoms with Gasteiger partial charge in [-0.3, -0.25) is 0 Å². The van der Waals surface area contributed by atoms with E-state index >= 15 is 0 Å². The molecule has 0 amide bonds. The first-order valence-corrected chi connectivity index (χ1v) is 29.8. The van der Waals surface area contributed by atoms with Crippen LogP contribution in [0.15, 0.2) is 200 Å². The number of rotatable bonds is 6. The molecule has 0 radical (unpaired) electrons. The monoisotopic (exact) mass is 1040 g/mol. The molecule has 4 aliphatic rings. The van der Waals surface area contributed by atoms with Crippen molar-refractivity contribution in [3.63, 3.8) is 0 Å². The summed E-state index contributed by atoms with van der Waals surface area (Å²) in [5.41, 5.74) is 26.1. The van der Waals surface area contributed by atoms with Crippen LogP contribution < -0.4 is 31.1 Å². The quantitative estimate of drug-likeness (QED) is 0.154. The Morgan fingerprint density at radius 1 is 0.362 bits per heavy atom. The number of benzene rings is 9. The van der Waals surface area contributed by atoms with Gasteiger partial charge in [0.15, 0.2) is 0 Å². The van der Waals surface area contributed by atoms with Crippen molar-refractivity contribution < 1.29 is 0 Å². The van der Waals surface area contributed by atoms with Gasteiger partial charge in [-0.1, -0.05) is 241 Å². The second-order valence-electron chi connectivity index (χ2n) is 27.2. The maximum Gasteiger partial charge on any atom is 0.252 e. The highest BCUT2D eigenvalue weighted by Gasteiger charge is 2.57. The molecule has 0 bridgehead atoms. The molecule has 9 aromatic rings. The minimum Gasteiger partial charge on any atom is -0.334 e. The van der Waals surface area contributed by atoms with Crippen molar-refractivity contribution in [3.05, 3.63) is 222 Å². The molecule has 0 aromatic heterocycles. The fourth-order valence-electron chi connectivity index (χ4n) is 14.5. The van der Waals surface area contributed by atoms with Crippen molar-refractivity contribution in [1.82, 2.24) is 0 Å². The highest BCUT2D eigenvalue weighted by atomic mass is 15.3. The van der Waals surface area contributed by atoms with Crippen LogP contribution in [0.2, 0.25) is 0 Å². The lowest BCUT2D eigenvalue weighted by Crippen LogP contribution is -2.61. The number of hydrogen-bond donors (Lipinski definition) is 0. The van der Waals surface area contributed by atoms with E-state index in [0.717, 1.165) is 12.8 Å². The number of para-hydroxylation sites is 1. The highest BCUT2D eigenvalue weighted by molar-refractivity contribution is 7.00. The van der Waals surface area contributed by atoms with Crippen molar-refractivity contribution in [2.45, 2.75) is 142 Å². The Morgan fingerprint density at radius 2 is 0.838 bits per heavy atom. The van der Waals surface area contributed by atoms with Gasteiger partial charge in [0.05, 0.1) is 16.9 Å². The fourth-order valence-corrected chi connectivity index (χ4v) is 14.5. The zero-order valence-electron chi connectivity index (χ0n) is 49.2. The average molecular weight is 1040 g/mol. The smallest absolute Gasteiger partial charge is 0.252 e. The summed E-state index contributed by atoms with van der Waals surface area (Å²) in [4.78, 5) is 8.24. The average Bonchev–Trinajstić information content (AvgIpc) is 3.72. The standard InChI is InChI=1S/C76H78BN3/c1-72(2,3)55-37-41-64(59(46-55)52-29-19-15-20-30-52)78-67-40-35-54(51-27-17-14-18-28-51)45-63(67)77-62-39-36-57(74(7,8)9)48-68(62)79(65-42-38-56(73(4,5)6)47-60(65)53-31-21-16-22-32-53)70-50-58(49-69(78)71(70)77)80-66-34-24-23-33-61(66)75(10)43-25-12-13-26-44-76(75,80)11/h14-24,27-42,45-50H,12-13,25-26,43-44H2,1-11H3. The van der Waals surface area contributed by atoms with Gasteiger partial charge >= 0.3 is 0 Å². The van der Waals surface area contributed by atoms with Crippen LogP contribution in [-0.4, -0.2) is 12.3 Å². The van der Waals surface area contributed by atoms with Gasteiger partial charge in [-0.2, -0.15) is 0 Å². The zero-order valence-corrected chi connectivity index (χ0v) is 49.2. The Bertz CT molecular complexity index is 3840. The van der Waals surface area contributed by atoms with Crippen LogP contribution in [0.3, 0.4) is 0 Å². The van der Waals surface area contributed by atoms with Gasteiger partial charge in [-0.05, 0) is 152 Å². The van der Waals surface area contributed by atoms with Crippen LogP contribution >= 0.6 is 0 Å². The fraction of sp³-hybridized carbons (Fsp3) is 0.289. The molecule has 1 saturated carbocycles. The van der Waals surface area contributed by atoms with Gasteiger partial charge in [0.1, 0.15) is 0 Å². The van der Waals surface area contributed by atoms with E-state index in [1.807, 2.05) is 0 Å². The number of anilines is 8. The number of hydrogen-bond acceptors (Lipinski definition) is 3. The SMILES string of the molecule is CC(C)(C)c1ccc(N2c3ccc(-c4ccccc4)cc3B3c4ccc(C(C)(C)C)cc4N(c4ccc(C(C)(C)C)cc4-c4ccccc4)c4cc(N5c6ccccc6C6(C)CCCCCCC56C)cc2c43)c(-c2ccccc2)c1. The third kappa shape index (κ3) is 8.37. The Morgan fingerprint density at radius 3 is 1.40 bits per heavy atom. The molecular weight excluding hydrogens is 966 g/mol. The van der Waals surface area contributed by atoms with Gasteiger partial charge in [-0.25, -0.2) is 0 Å². The number of fused-ring (bicyclic) bond motifs is 7. The summed E-state index contributed by atoms with van der Waals surface area (Å²) in [6.07, 6.45) is 7.28. The van der Waals surface area contributed by atoms with E-state index < -0.39 is 0 Å². The van der Waals surface area contributed by atoms with Crippen LogP contribution in [0.25, 0.3) is 33.4 Å². The van der Waals surface area contributed by atoms with Crippen molar-refractivity contribution >= 4 is 68.6 Å². The summed E-state index contributed by atoms with van der Waals surface area (Å²) in [5.74, 6) is 0. The topological polar surface area (TPSA) is 9.72 Å². The lowest BCUT2D eigenvalue weighted by molar-refractivity contribution is 0.218. The van der Waals surface area contributed by atoms with E-state index in [-0.39, 0.29) is 33.9 Å². The normalized spacial score (nSPS) is 18.6. The second-order valence-corrected chi connectivity index (χ2v) is 27.2. The maximum absolute atomic E-state index is 2.84. The summed E-state index contributed by atoms with van der Waals surface area (Å²) in [6, 6.07) is 77.6. The van der Waals surface area contributed by atoms with Crippen LogP contribution in [0.1, 0.15) is 137 Å². The largest absolute Gasteiger partial charge is 0.334 e. The van der Waals surface area contributed by atoms with Crippen LogP contribution in [0.5, 0.6) is 0 Å². The predicted molar refractivity (Wildman–Crippen MR) is 345 cm³/mol. The van der Waals surface area contributed by atoms with Gasteiger partial charge in [0, 0.05) is 50.7 Å². The molecule has 13 rings (SSSR count). The van der Waals surface area contributed by atoms with Gasteiger partial charge in [-0.15, -0.1) is 0 Å². The third-order valence-corrected chi connectivity index (χ3v) is 19.2. The third-order valence-electron chi connectivity index (χ3n) is 19.2. The molecule has 400 valence electrons. The lowest BCUT2D eigenvalue weighted by atomic mass is 9.33. The lowest BCUT2D eigenvalue weighted by Gasteiger charge is -2.50. The van der Waals surface area contributed by atoms with E-state index in [1.165, 1.54) is 143 Å². The first kappa shape index (κ1) is 51.9. The first-order chi connectivity index (χ1) is 38.3. The Hall–Kier alpha value is -7.56. The van der Waals surface area contributed by atoms with Crippen LogP contribution in [0, 0.1) is 0 Å². The molecule has 0 saturated heterocycles. The molecule has 3 heterocycles. The van der Waals surface area contributed by atoms with Crippen molar-refractivity contribution in [1.29, 1.82) is 0 Å². The summed E-state index contributed by atoms with van der Waals surface area (Å²) in [5, 5.41) is 0. The highest BCUT2D eigenvalue weighted by Crippen LogP contribution is 2.61. The molecule has 2 atom stereocenters. The molecule has 80 heavy (non-hydrogen) atoms. The molecule has 1 fully saturated rings. The zero-order chi connectivity index (χ0) is 55.5. The Kier molecular flexibility index (Phi) is 12.3. The van der Waals surface area contributed by atoms with Crippen molar-refractivity contribution in [2.75, 3.05) is 14.7 Å². The first-order valence-electron chi connectivity index (χ1n) is 29.8. The van der Waals surface area contributed by atoms with Gasteiger partial charge in [0.25, 0.3) is 6.71 Å². The minimum atomic E-state index is -0.191. The van der Waals surface area contributed by atoms with E-state index in [0.29, 0.717) is 0 Å². The molecule has 4 heteroatoms. The molecule has 3 nitrogen and oxygen atoms in total. The minimum absolute atomic E-state index is 0.0553. The Balaban J connectivity index is 1.20. The van der Waals surface area contributed by atoms with Gasteiger partial charge < -0.3 is 14.7 Å². The summed E-state index contributed by atoms with van der Waals surface area (Å²) < 4.78 is 0. The summed E-state index contributed by atoms with van der Waals surface area (Å²) in [7, 11) is 0. The van der Waals surface area contributed by atoms with Crippen molar-refractivity contribution in [2.24, 2.45) is 0 Å².